The van der Waals surface area contributed by atoms with Crippen LogP contribution in [0.3, 0.4) is 0 Å². The van der Waals surface area contributed by atoms with Gasteiger partial charge < -0.3 is 10.0 Å². The number of phenolic OH excluding ortho intramolecular Hbond substituents is 1. The standard InChI is InChI=1S/C16H22FN3O4S/c1-2-4-19-5-3-11(9-19)6-12-7-13(17)16(14(21)8-12)20-10-15(22)18-25(20,23)24/h7-8,11,21H,2-6,9-10H2,1H3,(H,18,22). The molecule has 2 N–H and O–H groups in total. The van der Waals surface area contributed by atoms with Crippen molar-refractivity contribution >= 4 is 21.8 Å². The van der Waals surface area contributed by atoms with E-state index in [4.69, 9.17) is 0 Å². The van der Waals surface area contributed by atoms with E-state index in [1.54, 1.807) is 4.72 Å². The summed E-state index contributed by atoms with van der Waals surface area (Å²) < 4.78 is 40.5. The molecule has 2 aliphatic heterocycles. The number of hydrogen-bond donors (Lipinski definition) is 2. The van der Waals surface area contributed by atoms with Crippen molar-refractivity contribution in [1.82, 2.24) is 9.62 Å². The van der Waals surface area contributed by atoms with Crippen molar-refractivity contribution in [3.8, 4) is 5.75 Å². The average Bonchev–Trinajstić information content (AvgIpc) is 3.02. The van der Waals surface area contributed by atoms with Gasteiger partial charge in [0.25, 0.3) is 5.91 Å². The summed E-state index contributed by atoms with van der Waals surface area (Å²) in [5.41, 5.74) is 0.138. The summed E-state index contributed by atoms with van der Waals surface area (Å²) in [7, 11) is -4.16. The van der Waals surface area contributed by atoms with Crippen LogP contribution in [0.1, 0.15) is 25.3 Å². The fraction of sp³-hybridized carbons (Fsp3) is 0.562. The zero-order valence-corrected chi connectivity index (χ0v) is 14.9. The number of likely N-dealkylation sites (tertiary alicyclic amines) is 1. The lowest BCUT2D eigenvalue weighted by Crippen LogP contribution is -2.30. The van der Waals surface area contributed by atoms with E-state index in [0.717, 1.165) is 32.5 Å². The largest absolute Gasteiger partial charge is 0.506 e. The van der Waals surface area contributed by atoms with Crippen LogP contribution in [0.2, 0.25) is 0 Å². The number of anilines is 1. The molecule has 0 spiro atoms. The molecular formula is C16H22FN3O4S. The molecule has 1 amide bonds. The van der Waals surface area contributed by atoms with Gasteiger partial charge in [-0.05, 0) is 56.0 Å². The molecule has 1 aromatic carbocycles. The van der Waals surface area contributed by atoms with Crippen molar-refractivity contribution in [3.05, 3.63) is 23.5 Å². The van der Waals surface area contributed by atoms with Crippen molar-refractivity contribution in [3.63, 3.8) is 0 Å². The van der Waals surface area contributed by atoms with Gasteiger partial charge in [-0.1, -0.05) is 6.92 Å². The number of phenols is 1. The Morgan fingerprint density at radius 2 is 2.16 bits per heavy atom. The molecule has 3 rings (SSSR count). The fourth-order valence-electron chi connectivity index (χ4n) is 3.58. The molecule has 2 saturated heterocycles. The molecule has 0 aliphatic carbocycles. The van der Waals surface area contributed by atoms with Crippen molar-refractivity contribution in [1.29, 1.82) is 0 Å². The molecule has 0 aromatic heterocycles. The van der Waals surface area contributed by atoms with Gasteiger partial charge in [0.15, 0.2) is 5.82 Å². The lowest BCUT2D eigenvalue weighted by molar-refractivity contribution is -0.117. The molecule has 7 nitrogen and oxygen atoms in total. The summed E-state index contributed by atoms with van der Waals surface area (Å²) in [5, 5.41) is 10.2. The lowest BCUT2D eigenvalue weighted by atomic mass is 9.98. The number of hydrogen-bond acceptors (Lipinski definition) is 5. The zero-order valence-electron chi connectivity index (χ0n) is 14.0. The number of carbonyl (C=O) groups is 1. The number of rotatable bonds is 5. The lowest BCUT2D eigenvalue weighted by Gasteiger charge is -2.19. The molecule has 1 aromatic rings. The predicted molar refractivity (Wildman–Crippen MR) is 91.0 cm³/mol. The Labute approximate surface area is 146 Å². The van der Waals surface area contributed by atoms with Gasteiger partial charge in [-0.3, -0.25) is 4.79 Å². The first-order valence-electron chi connectivity index (χ1n) is 8.37. The summed E-state index contributed by atoms with van der Waals surface area (Å²) in [6.45, 7) is 4.59. The Bertz CT molecular complexity index is 761. The Kier molecular flexibility index (Phi) is 4.88. The number of aromatic hydroxyl groups is 1. The van der Waals surface area contributed by atoms with Crippen LogP contribution in [0.4, 0.5) is 10.1 Å². The zero-order chi connectivity index (χ0) is 18.2. The Morgan fingerprint density at radius 3 is 2.76 bits per heavy atom. The highest BCUT2D eigenvalue weighted by molar-refractivity contribution is 7.92. The van der Waals surface area contributed by atoms with E-state index in [-0.39, 0.29) is 0 Å². The Hall–Kier alpha value is -1.87. The first-order valence-corrected chi connectivity index (χ1v) is 9.81. The molecule has 0 radical (unpaired) electrons. The number of halogens is 1. The van der Waals surface area contributed by atoms with Gasteiger partial charge in [-0.25, -0.2) is 13.4 Å². The van der Waals surface area contributed by atoms with E-state index < -0.39 is 39.9 Å². The summed E-state index contributed by atoms with van der Waals surface area (Å²) in [4.78, 5) is 13.7. The molecule has 2 aliphatic rings. The fourth-order valence-corrected chi connectivity index (χ4v) is 4.75. The third-order valence-corrected chi connectivity index (χ3v) is 5.98. The molecular weight excluding hydrogens is 349 g/mol. The second-order valence-corrected chi connectivity index (χ2v) is 8.24. The van der Waals surface area contributed by atoms with E-state index >= 15 is 0 Å². The topological polar surface area (TPSA) is 89.9 Å². The molecule has 0 bridgehead atoms. The minimum absolute atomic E-state index is 0.384. The maximum Gasteiger partial charge on any atom is 0.326 e. The average molecular weight is 371 g/mol. The van der Waals surface area contributed by atoms with E-state index in [1.807, 2.05) is 0 Å². The monoisotopic (exact) mass is 371 g/mol. The first-order chi connectivity index (χ1) is 11.8. The smallest absolute Gasteiger partial charge is 0.326 e. The van der Waals surface area contributed by atoms with Crippen LogP contribution in [0.25, 0.3) is 0 Å². The molecule has 0 saturated carbocycles. The second-order valence-electron chi connectivity index (χ2n) is 6.64. The minimum Gasteiger partial charge on any atom is -0.506 e. The van der Waals surface area contributed by atoms with Crippen LogP contribution in [-0.2, 0) is 21.4 Å². The Balaban J connectivity index is 1.78. The van der Waals surface area contributed by atoms with Crippen LogP contribution in [0.15, 0.2) is 12.1 Å². The SMILES string of the molecule is CCCN1CCC(Cc2cc(O)c(N3CC(=O)NS3(=O)=O)c(F)c2)C1. The van der Waals surface area contributed by atoms with Gasteiger partial charge in [0.1, 0.15) is 18.0 Å². The molecule has 2 heterocycles. The number of nitrogens with one attached hydrogen (secondary N) is 1. The maximum atomic E-state index is 14.5. The highest BCUT2D eigenvalue weighted by Gasteiger charge is 2.37. The van der Waals surface area contributed by atoms with Crippen LogP contribution >= 0.6 is 0 Å². The van der Waals surface area contributed by atoms with Crippen molar-refractivity contribution in [2.45, 2.75) is 26.2 Å². The molecule has 9 heteroatoms. The predicted octanol–water partition coefficient (Wildman–Crippen LogP) is 0.987. The van der Waals surface area contributed by atoms with E-state index in [9.17, 15) is 22.7 Å². The minimum atomic E-state index is -4.16. The van der Waals surface area contributed by atoms with Crippen LogP contribution in [-0.4, -0.2) is 50.5 Å². The van der Waals surface area contributed by atoms with Gasteiger partial charge in [-0.2, -0.15) is 8.42 Å². The summed E-state index contributed by atoms with van der Waals surface area (Å²) >= 11 is 0. The van der Waals surface area contributed by atoms with Crippen molar-refractivity contribution in [2.24, 2.45) is 5.92 Å². The van der Waals surface area contributed by atoms with Crippen LogP contribution < -0.4 is 9.03 Å². The van der Waals surface area contributed by atoms with Crippen molar-refractivity contribution < 1.29 is 22.7 Å². The molecule has 1 atom stereocenters. The van der Waals surface area contributed by atoms with E-state index in [0.29, 0.717) is 22.2 Å². The summed E-state index contributed by atoms with van der Waals surface area (Å²) in [6, 6.07) is 2.63. The summed E-state index contributed by atoms with van der Waals surface area (Å²) in [5.74, 6) is -1.70. The second kappa shape index (κ2) is 6.80. The number of nitrogens with zero attached hydrogens (tertiary/aromatic N) is 2. The Morgan fingerprint density at radius 1 is 1.40 bits per heavy atom. The van der Waals surface area contributed by atoms with E-state index in [2.05, 4.69) is 11.8 Å². The normalized spacial score (nSPS) is 23.2. The number of carbonyl (C=O) groups excluding carboxylic acids is 1. The van der Waals surface area contributed by atoms with Crippen LogP contribution in [0.5, 0.6) is 5.75 Å². The van der Waals surface area contributed by atoms with Crippen molar-refractivity contribution in [2.75, 3.05) is 30.5 Å². The van der Waals surface area contributed by atoms with Crippen LogP contribution in [0, 0.1) is 11.7 Å². The van der Waals surface area contributed by atoms with Gasteiger partial charge in [0.05, 0.1) is 0 Å². The first kappa shape index (κ1) is 17.9. The highest BCUT2D eigenvalue weighted by atomic mass is 32.2. The summed E-state index contributed by atoms with van der Waals surface area (Å²) in [6.07, 6.45) is 2.73. The van der Waals surface area contributed by atoms with Gasteiger partial charge in [-0.15, -0.1) is 0 Å². The van der Waals surface area contributed by atoms with Gasteiger partial charge in [0, 0.05) is 6.54 Å². The van der Waals surface area contributed by atoms with Gasteiger partial charge >= 0.3 is 10.2 Å². The molecule has 1 unspecified atom stereocenters. The molecule has 25 heavy (non-hydrogen) atoms. The highest BCUT2D eigenvalue weighted by Crippen LogP contribution is 2.35. The number of benzene rings is 1. The quantitative estimate of drug-likeness (QED) is 0.806. The number of amides is 1. The molecule has 138 valence electrons. The van der Waals surface area contributed by atoms with E-state index in [1.165, 1.54) is 12.1 Å². The maximum absolute atomic E-state index is 14.5. The third-order valence-electron chi connectivity index (χ3n) is 4.61. The van der Waals surface area contributed by atoms with Gasteiger partial charge in [0.2, 0.25) is 0 Å². The molecule has 2 fully saturated rings. The third kappa shape index (κ3) is 3.72.